The molecule has 0 aliphatic carbocycles. The van der Waals surface area contributed by atoms with E-state index in [9.17, 15) is 8.42 Å². The minimum Gasteiger partial charge on any atom is -0.493 e. The van der Waals surface area contributed by atoms with Crippen molar-refractivity contribution in [3.8, 4) is 17.2 Å². The Morgan fingerprint density at radius 2 is 1.42 bits per heavy atom. The Labute approximate surface area is 154 Å². The van der Waals surface area contributed by atoms with Crippen LogP contribution in [0.25, 0.3) is 6.08 Å². The lowest BCUT2D eigenvalue weighted by Gasteiger charge is -2.13. The summed E-state index contributed by atoms with van der Waals surface area (Å²) in [4.78, 5) is 2.04. The van der Waals surface area contributed by atoms with Crippen LogP contribution in [0.2, 0.25) is 0 Å². The second-order valence-corrected chi connectivity index (χ2v) is 7.53. The molecule has 0 saturated heterocycles. The average Bonchev–Trinajstić information content (AvgIpc) is 2.65. The molecule has 7 heteroatoms. The van der Waals surface area contributed by atoms with Crippen molar-refractivity contribution in [2.45, 2.75) is 4.90 Å². The van der Waals surface area contributed by atoms with E-state index in [2.05, 4.69) is 0 Å². The lowest BCUT2D eigenvalue weighted by atomic mass is 10.2. The van der Waals surface area contributed by atoms with Gasteiger partial charge in [-0.05, 0) is 23.8 Å². The molecule has 26 heavy (non-hydrogen) atoms. The van der Waals surface area contributed by atoms with Crippen molar-refractivity contribution in [1.29, 1.82) is 0 Å². The number of methoxy groups -OCH3 is 3. The summed E-state index contributed by atoms with van der Waals surface area (Å²) in [5, 5.41) is 1.17. The molecular formula is C19H23NO5S. The van der Waals surface area contributed by atoms with Gasteiger partial charge in [-0.25, -0.2) is 8.42 Å². The largest absolute Gasteiger partial charge is 0.493 e. The summed E-state index contributed by atoms with van der Waals surface area (Å²) in [5.74, 6) is 0.917. The maximum atomic E-state index is 12.7. The SMILES string of the molecule is COc1cc(S(=O)(=O)/C=C/c2ccc(N(C)C)cc2)cc(OC)c1OC. The Morgan fingerprint density at radius 3 is 1.85 bits per heavy atom. The van der Waals surface area contributed by atoms with Crippen LogP contribution >= 0.6 is 0 Å². The zero-order chi connectivity index (χ0) is 19.3. The van der Waals surface area contributed by atoms with E-state index in [0.717, 1.165) is 11.3 Å². The minimum absolute atomic E-state index is 0.0631. The second kappa shape index (κ2) is 8.14. The molecule has 0 amide bonds. The van der Waals surface area contributed by atoms with Crippen LogP contribution in [-0.4, -0.2) is 43.8 Å². The van der Waals surface area contributed by atoms with Crippen LogP contribution in [0.15, 0.2) is 46.7 Å². The van der Waals surface area contributed by atoms with Crippen LogP contribution in [0.5, 0.6) is 17.2 Å². The number of nitrogens with zero attached hydrogens (tertiary/aromatic N) is 1. The predicted octanol–water partition coefficient (Wildman–Crippen LogP) is 3.22. The van der Waals surface area contributed by atoms with Crippen molar-refractivity contribution in [3.63, 3.8) is 0 Å². The molecule has 0 aromatic heterocycles. The Kier molecular flexibility index (Phi) is 6.15. The van der Waals surface area contributed by atoms with E-state index in [1.165, 1.54) is 38.9 Å². The standard InChI is InChI=1S/C19H23NO5S/c1-20(2)15-8-6-14(7-9-15)10-11-26(21,22)16-12-17(23-3)19(25-5)18(13-16)24-4/h6-13H,1-5H3/b11-10+. The van der Waals surface area contributed by atoms with E-state index < -0.39 is 9.84 Å². The van der Waals surface area contributed by atoms with Crippen LogP contribution in [0, 0.1) is 0 Å². The summed E-state index contributed by atoms with van der Waals surface area (Å²) < 4.78 is 41.0. The fraction of sp³-hybridized carbons (Fsp3) is 0.263. The highest BCUT2D eigenvalue weighted by atomic mass is 32.2. The zero-order valence-electron chi connectivity index (χ0n) is 15.5. The lowest BCUT2D eigenvalue weighted by molar-refractivity contribution is 0.323. The van der Waals surface area contributed by atoms with Gasteiger partial charge in [-0.2, -0.15) is 0 Å². The first kappa shape index (κ1) is 19.7. The molecule has 0 aliphatic rings. The van der Waals surface area contributed by atoms with Gasteiger partial charge >= 0.3 is 0 Å². The van der Waals surface area contributed by atoms with Crippen LogP contribution in [0.4, 0.5) is 5.69 Å². The van der Waals surface area contributed by atoms with Gasteiger partial charge in [-0.15, -0.1) is 0 Å². The highest BCUT2D eigenvalue weighted by Gasteiger charge is 2.19. The molecule has 0 spiro atoms. The molecule has 0 aliphatic heterocycles. The maximum Gasteiger partial charge on any atom is 0.203 e. The van der Waals surface area contributed by atoms with Gasteiger partial charge in [0.1, 0.15) is 0 Å². The Bertz CT molecular complexity index is 862. The Balaban J connectivity index is 2.37. The second-order valence-electron chi connectivity index (χ2n) is 5.69. The van der Waals surface area contributed by atoms with Crippen molar-refractivity contribution < 1.29 is 22.6 Å². The van der Waals surface area contributed by atoms with Crippen LogP contribution < -0.4 is 19.1 Å². The van der Waals surface area contributed by atoms with Crippen LogP contribution in [0.3, 0.4) is 0 Å². The minimum atomic E-state index is -3.68. The van der Waals surface area contributed by atoms with Crippen LogP contribution in [0.1, 0.15) is 5.56 Å². The topological polar surface area (TPSA) is 65.1 Å². The Hall–Kier alpha value is -2.67. The molecule has 0 unspecified atom stereocenters. The number of hydrogen-bond acceptors (Lipinski definition) is 6. The van der Waals surface area contributed by atoms with E-state index in [-0.39, 0.29) is 16.4 Å². The molecule has 0 bridgehead atoms. The van der Waals surface area contributed by atoms with E-state index in [4.69, 9.17) is 14.2 Å². The third-order valence-corrected chi connectivity index (χ3v) is 5.20. The number of anilines is 1. The molecule has 0 heterocycles. The predicted molar refractivity (Wildman–Crippen MR) is 103 cm³/mol. The quantitative estimate of drug-likeness (QED) is 0.738. The van der Waals surface area contributed by atoms with Gasteiger partial charge in [-0.3, -0.25) is 0 Å². The molecule has 2 aromatic carbocycles. The molecule has 0 atom stereocenters. The highest BCUT2D eigenvalue weighted by molar-refractivity contribution is 7.94. The third kappa shape index (κ3) is 4.29. The monoisotopic (exact) mass is 377 g/mol. The van der Waals surface area contributed by atoms with Gasteiger partial charge in [-0.1, -0.05) is 12.1 Å². The van der Waals surface area contributed by atoms with Crippen LogP contribution in [-0.2, 0) is 9.84 Å². The van der Waals surface area contributed by atoms with Gasteiger partial charge in [0.2, 0.25) is 5.75 Å². The third-order valence-electron chi connectivity index (χ3n) is 3.82. The molecular weight excluding hydrogens is 354 g/mol. The zero-order valence-corrected chi connectivity index (χ0v) is 16.3. The van der Waals surface area contributed by atoms with E-state index in [1.54, 1.807) is 6.08 Å². The van der Waals surface area contributed by atoms with Gasteiger partial charge < -0.3 is 19.1 Å². The summed E-state index contributed by atoms with van der Waals surface area (Å²) in [5.41, 5.74) is 1.82. The number of ether oxygens (including phenoxy) is 3. The summed E-state index contributed by atoms with van der Waals surface area (Å²) >= 11 is 0. The van der Waals surface area contributed by atoms with Gasteiger partial charge in [0, 0.05) is 37.3 Å². The van der Waals surface area contributed by atoms with Gasteiger partial charge in [0.15, 0.2) is 21.3 Å². The molecule has 0 N–H and O–H groups in total. The first-order valence-corrected chi connectivity index (χ1v) is 9.37. The number of hydrogen-bond donors (Lipinski definition) is 0. The number of sulfone groups is 1. The molecule has 140 valence electrons. The molecule has 6 nitrogen and oxygen atoms in total. The first-order valence-electron chi connectivity index (χ1n) is 7.83. The fourth-order valence-corrected chi connectivity index (χ4v) is 3.39. The summed E-state index contributed by atoms with van der Waals surface area (Å²) in [6, 6.07) is 10.4. The molecule has 2 aromatic rings. The number of rotatable bonds is 7. The molecule has 0 radical (unpaired) electrons. The number of benzene rings is 2. The first-order chi connectivity index (χ1) is 12.3. The summed E-state index contributed by atoms with van der Waals surface area (Å²) in [7, 11) is 4.55. The fourth-order valence-electron chi connectivity index (χ4n) is 2.35. The van der Waals surface area contributed by atoms with Gasteiger partial charge in [0.25, 0.3) is 0 Å². The normalized spacial score (nSPS) is 11.4. The van der Waals surface area contributed by atoms with E-state index >= 15 is 0 Å². The molecule has 0 saturated carbocycles. The van der Waals surface area contributed by atoms with Crippen molar-refractivity contribution in [3.05, 3.63) is 47.4 Å². The Morgan fingerprint density at radius 1 is 0.885 bits per heavy atom. The van der Waals surface area contributed by atoms with Crippen molar-refractivity contribution >= 4 is 21.6 Å². The lowest BCUT2D eigenvalue weighted by Crippen LogP contribution is -2.07. The van der Waals surface area contributed by atoms with Gasteiger partial charge in [0.05, 0.1) is 26.2 Å². The summed E-state index contributed by atoms with van der Waals surface area (Å²) in [6.07, 6.45) is 1.55. The molecule has 0 fully saturated rings. The maximum absolute atomic E-state index is 12.7. The van der Waals surface area contributed by atoms with Crippen molar-refractivity contribution in [1.82, 2.24) is 0 Å². The molecule has 2 rings (SSSR count). The smallest absolute Gasteiger partial charge is 0.203 e. The van der Waals surface area contributed by atoms with E-state index in [0.29, 0.717) is 5.75 Å². The van der Waals surface area contributed by atoms with E-state index in [1.807, 2.05) is 43.3 Å². The summed E-state index contributed by atoms with van der Waals surface area (Å²) in [6.45, 7) is 0. The average molecular weight is 377 g/mol. The van der Waals surface area contributed by atoms with Crippen molar-refractivity contribution in [2.75, 3.05) is 40.3 Å². The van der Waals surface area contributed by atoms with Crippen molar-refractivity contribution in [2.24, 2.45) is 0 Å². The highest BCUT2D eigenvalue weighted by Crippen LogP contribution is 2.39.